The van der Waals surface area contributed by atoms with Crippen LogP contribution in [0, 0.1) is 0 Å². The van der Waals surface area contributed by atoms with Gasteiger partial charge >= 0.3 is 5.97 Å². The lowest BCUT2D eigenvalue weighted by Crippen LogP contribution is -2.52. The lowest BCUT2D eigenvalue weighted by Gasteiger charge is -2.24. The van der Waals surface area contributed by atoms with Crippen LogP contribution in [0.5, 0.6) is 0 Å². The topological polar surface area (TPSA) is 87.7 Å². The van der Waals surface area contributed by atoms with E-state index in [0.717, 1.165) is 19.4 Å². The molecule has 0 radical (unpaired) electrons. The molecule has 2 atom stereocenters. The standard InChI is InChI=1S/C11H20N2O4/c1-11(4-3-5-13-11)10(16)12-7-8(17-2)6-9(14)15/h8,13H,3-7H2,1-2H3,(H,12,16)(H,14,15). The Morgan fingerprint density at radius 1 is 1.59 bits per heavy atom. The van der Waals surface area contributed by atoms with Crippen LogP contribution in [0.3, 0.4) is 0 Å². The molecule has 1 aliphatic heterocycles. The molecule has 1 saturated heterocycles. The molecule has 0 aromatic rings. The molecule has 1 aliphatic rings. The molecule has 1 amide bonds. The maximum absolute atomic E-state index is 11.9. The molecule has 0 spiro atoms. The third-order valence-corrected chi connectivity index (χ3v) is 3.10. The summed E-state index contributed by atoms with van der Waals surface area (Å²) >= 11 is 0. The van der Waals surface area contributed by atoms with Gasteiger partial charge in [0.1, 0.15) is 0 Å². The molecule has 0 aromatic heterocycles. The SMILES string of the molecule is COC(CNC(=O)C1(C)CCCN1)CC(=O)O. The van der Waals surface area contributed by atoms with Crippen molar-refractivity contribution in [1.29, 1.82) is 0 Å². The normalized spacial score (nSPS) is 25.5. The summed E-state index contributed by atoms with van der Waals surface area (Å²) in [5, 5.41) is 14.5. The summed E-state index contributed by atoms with van der Waals surface area (Å²) < 4.78 is 4.99. The molecular formula is C11H20N2O4. The van der Waals surface area contributed by atoms with Crippen molar-refractivity contribution < 1.29 is 19.4 Å². The number of ether oxygens (including phenoxy) is 1. The molecule has 1 fully saturated rings. The molecule has 1 heterocycles. The number of carbonyl (C=O) groups excluding carboxylic acids is 1. The van der Waals surface area contributed by atoms with Crippen LogP contribution in [0.25, 0.3) is 0 Å². The number of hydrogen-bond acceptors (Lipinski definition) is 4. The fourth-order valence-corrected chi connectivity index (χ4v) is 1.92. The highest BCUT2D eigenvalue weighted by molar-refractivity contribution is 5.86. The first-order chi connectivity index (χ1) is 7.98. The number of nitrogens with one attached hydrogen (secondary N) is 2. The highest BCUT2D eigenvalue weighted by atomic mass is 16.5. The second-order valence-corrected chi connectivity index (χ2v) is 4.53. The Morgan fingerprint density at radius 2 is 2.29 bits per heavy atom. The minimum absolute atomic E-state index is 0.0950. The quantitative estimate of drug-likeness (QED) is 0.599. The van der Waals surface area contributed by atoms with Gasteiger partial charge in [0.05, 0.1) is 18.1 Å². The second kappa shape index (κ2) is 5.97. The maximum Gasteiger partial charge on any atom is 0.306 e. The van der Waals surface area contributed by atoms with E-state index in [4.69, 9.17) is 9.84 Å². The molecule has 17 heavy (non-hydrogen) atoms. The predicted octanol–water partition coefficient (Wildman–Crippen LogP) is -0.266. The van der Waals surface area contributed by atoms with Gasteiger partial charge in [0, 0.05) is 13.7 Å². The van der Waals surface area contributed by atoms with Gasteiger partial charge in [-0.3, -0.25) is 9.59 Å². The Kier molecular flexibility index (Phi) is 4.89. The molecule has 0 bridgehead atoms. The zero-order valence-corrected chi connectivity index (χ0v) is 10.3. The Bertz CT molecular complexity index is 287. The van der Waals surface area contributed by atoms with E-state index in [-0.39, 0.29) is 18.9 Å². The molecule has 98 valence electrons. The average Bonchev–Trinajstić information content (AvgIpc) is 2.71. The lowest BCUT2D eigenvalue weighted by molar-refractivity contribution is -0.140. The van der Waals surface area contributed by atoms with Crippen molar-refractivity contribution in [2.45, 2.75) is 37.8 Å². The minimum Gasteiger partial charge on any atom is -0.481 e. The minimum atomic E-state index is -0.934. The Morgan fingerprint density at radius 3 is 2.76 bits per heavy atom. The molecule has 6 heteroatoms. The molecule has 0 aliphatic carbocycles. The van der Waals surface area contributed by atoms with Gasteiger partial charge in [-0.2, -0.15) is 0 Å². The van der Waals surface area contributed by atoms with Crippen LogP contribution >= 0.6 is 0 Å². The van der Waals surface area contributed by atoms with Crippen LogP contribution in [0.1, 0.15) is 26.2 Å². The third-order valence-electron chi connectivity index (χ3n) is 3.10. The van der Waals surface area contributed by atoms with E-state index in [2.05, 4.69) is 10.6 Å². The van der Waals surface area contributed by atoms with Crippen LogP contribution < -0.4 is 10.6 Å². The summed E-state index contributed by atoms with van der Waals surface area (Å²) in [5.74, 6) is -1.03. The zero-order chi connectivity index (χ0) is 12.9. The van der Waals surface area contributed by atoms with Crippen molar-refractivity contribution in [2.24, 2.45) is 0 Å². The average molecular weight is 244 g/mol. The summed E-state index contributed by atoms with van der Waals surface area (Å²) in [6.07, 6.45) is 1.18. The number of carbonyl (C=O) groups is 2. The van der Waals surface area contributed by atoms with Gasteiger partial charge in [-0.15, -0.1) is 0 Å². The summed E-state index contributed by atoms with van der Waals surface area (Å²) in [4.78, 5) is 22.4. The Hall–Kier alpha value is -1.14. The Labute approximate surface area is 101 Å². The molecular weight excluding hydrogens is 224 g/mol. The van der Waals surface area contributed by atoms with Gasteiger partial charge < -0.3 is 20.5 Å². The maximum atomic E-state index is 11.9. The highest BCUT2D eigenvalue weighted by Gasteiger charge is 2.35. The third kappa shape index (κ3) is 3.98. The number of amides is 1. The van der Waals surface area contributed by atoms with Crippen molar-refractivity contribution in [1.82, 2.24) is 10.6 Å². The summed E-state index contributed by atoms with van der Waals surface area (Å²) in [6.45, 7) is 2.92. The molecule has 0 saturated carbocycles. The van der Waals surface area contributed by atoms with Gasteiger partial charge in [0.25, 0.3) is 0 Å². The van der Waals surface area contributed by atoms with Crippen molar-refractivity contribution in [3.8, 4) is 0 Å². The van der Waals surface area contributed by atoms with Gasteiger partial charge in [-0.1, -0.05) is 0 Å². The summed E-state index contributed by atoms with van der Waals surface area (Å²) in [7, 11) is 1.44. The van der Waals surface area contributed by atoms with E-state index < -0.39 is 17.6 Å². The molecule has 1 rings (SSSR count). The number of aliphatic carboxylic acids is 1. The lowest BCUT2D eigenvalue weighted by atomic mass is 9.99. The first kappa shape index (κ1) is 13.9. The number of hydrogen-bond donors (Lipinski definition) is 3. The van der Waals surface area contributed by atoms with Crippen LogP contribution in [0.15, 0.2) is 0 Å². The molecule has 2 unspecified atom stereocenters. The van der Waals surface area contributed by atoms with Crippen LogP contribution in [0.4, 0.5) is 0 Å². The van der Waals surface area contributed by atoms with Gasteiger partial charge in [0.2, 0.25) is 5.91 Å². The number of methoxy groups -OCH3 is 1. The summed E-state index contributed by atoms with van der Waals surface area (Å²) in [6, 6.07) is 0. The van der Waals surface area contributed by atoms with Gasteiger partial charge in [-0.25, -0.2) is 0 Å². The van der Waals surface area contributed by atoms with Crippen molar-refractivity contribution in [3.63, 3.8) is 0 Å². The summed E-state index contributed by atoms with van der Waals surface area (Å²) in [5.41, 5.74) is -0.526. The van der Waals surface area contributed by atoms with E-state index in [1.165, 1.54) is 7.11 Å². The smallest absolute Gasteiger partial charge is 0.306 e. The van der Waals surface area contributed by atoms with E-state index in [9.17, 15) is 9.59 Å². The highest BCUT2D eigenvalue weighted by Crippen LogP contribution is 2.18. The van der Waals surface area contributed by atoms with Crippen molar-refractivity contribution >= 4 is 11.9 Å². The predicted molar refractivity (Wildman–Crippen MR) is 61.7 cm³/mol. The number of carboxylic acids is 1. The van der Waals surface area contributed by atoms with Crippen LogP contribution in [-0.2, 0) is 14.3 Å². The number of carboxylic acid groups (broad SMARTS) is 1. The first-order valence-electron chi connectivity index (χ1n) is 5.76. The first-order valence-corrected chi connectivity index (χ1v) is 5.76. The fraction of sp³-hybridized carbons (Fsp3) is 0.818. The van der Waals surface area contributed by atoms with E-state index in [1.807, 2.05) is 6.92 Å². The van der Waals surface area contributed by atoms with Gasteiger partial charge in [-0.05, 0) is 26.3 Å². The largest absolute Gasteiger partial charge is 0.481 e. The van der Waals surface area contributed by atoms with E-state index >= 15 is 0 Å². The van der Waals surface area contributed by atoms with Crippen molar-refractivity contribution in [2.75, 3.05) is 20.2 Å². The fourth-order valence-electron chi connectivity index (χ4n) is 1.92. The molecule has 0 aromatic carbocycles. The molecule has 3 N–H and O–H groups in total. The zero-order valence-electron chi connectivity index (χ0n) is 10.3. The van der Waals surface area contributed by atoms with Gasteiger partial charge in [0.15, 0.2) is 0 Å². The Balaban J connectivity index is 2.38. The monoisotopic (exact) mass is 244 g/mol. The van der Waals surface area contributed by atoms with Crippen LogP contribution in [0.2, 0.25) is 0 Å². The van der Waals surface area contributed by atoms with E-state index in [0.29, 0.717) is 0 Å². The van der Waals surface area contributed by atoms with Crippen LogP contribution in [-0.4, -0.2) is 48.8 Å². The molecule has 6 nitrogen and oxygen atoms in total. The second-order valence-electron chi connectivity index (χ2n) is 4.53. The van der Waals surface area contributed by atoms with Crippen molar-refractivity contribution in [3.05, 3.63) is 0 Å². The number of rotatable bonds is 6. The van der Waals surface area contributed by atoms with E-state index in [1.54, 1.807) is 0 Å².